The molecule has 1 heterocycles. The first-order valence-electron chi connectivity index (χ1n) is 6.80. The fourth-order valence-corrected chi connectivity index (χ4v) is 2.45. The fourth-order valence-electron chi connectivity index (χ4n) is 2.45. The minimum atomic E-state index is -4.45. The molecule has 0 atom stereocenters. The third-order valence-corrected chi connectivity index (χ3v) is 3.48. The summed E-state index contributed by atoms with van der Waals surface area (Å²) in [4.78, 5) is 13.7. The summed E-state index contributed by atoms with van der Waals surface area (Å²) in [5.74, 6) is -0.239. The van der Waals surface area contributed by atoms with Crippen LogP contribution in [0.4, 0.5) is 30.2 Å². The molecule has 0 aliphatic carbocycles. The lowest BCUT2D eigenvalue weighted by atomic mass is 10.1. The Morgan fingerprint density at radius 3 is 2.45 bits per heavy atom. The maximum atomic E-state index is 13.0. The highest BCUT2D eigenvalue weighted by molar-refractivity contribution is 6.04. The van der Waals surface area contributed by atoms with E-state index < -0.39 is 11.7 Å². The summed E-state index contributed by atoms with van der Waals surface area (Å²) in [5.41, 5.74) is 0.520. The average Bonchev–Trinajstić information content (AvgIpc) is 2.64. The molecule has 2 aromatic carbocycles. The van der Waals surface area contributed by atoms with Crippen LogP contribution in [0.1, 0.15) is 12.0 Å². The number of fused-ring (bicyclic) bond motifs is 1. The van der Waals surface area contributed by atoms with Crippen molar-refractivity contribution in [3.8, 4) is 0 Å². The number of hydrogen-bond acceptors (Lipinski definition) is 2. The number of halogens is 3. The third-order valence-electron chi connectivity index (χ3n) is 3.48. The molecule has 0 spiro atoms. The molecule has 2 aromatic rings. The molecule has 0 radical (unpaired) electrons. The molecule has 0 fully saturated rings. The summed E-state index contributed by atoms with van der Waals surface area (Å²) < 4.78 is 38.9. The molecule has 1 aliphatic rings. The summed E-state index contributed by atoms with van der Waals surface area (Å²) >= 11 is 0. The van der Waals surface area contributed by atoms with Crippen molar-refractivity contribution in [2.24, 2.45) is 0 Å². The lowest BCUT2D eigenvalue weighted by Crippen LogP contribution is -2.25. The number of nitrogens with one attached hydrogen (secondary N) is 1. The van der Waals surface area contributed by atoms with E-state index in [1.54, 1.807) is 30.3 Å². The maximum absolute atomic E-state index is 13.0. The molecule has 1 N–H and O–H groups in total. The molecule has 3 nitrogen and oxygen atoms in total. The molecule has 6 heteroatoms. The number of rotatable bonds is 1. The van der Waals surface area contributed by atoms with Gasteiger partial charge in [-0.1, -0.05) is 18.2 Å². The Labute approximate surface area is 125 Å². The number of alkyl halides is 3. The number of anilines is 3. The SMILES string of the molecule is O=C1CCNc2ccc(C(F)(F)F)cc2N1c1ccccc1. The van der Waals surface area contributed by atoms with E-state index in [1.165, 1.54) is 11.0 Å². The molecule has 0 aromatic heterocycles. The summed E-state index contributed by atoms with van der Waals surface area (Å²) in [6.45, 7) is 0.389. The molecule has 22 heavy (non-hydrogen) atoms. The molecule has 114 valence electrons. The van der Waals surface area contributed by atoms with Crippen molar-refractivity contribution in [2.45, 2.75) is 12.6 Å². The van der Waals surface area contributed by atoms with Gasteiger partial charge in [0.25, 0.3) is 0 Å². The van der Waals surface area contributed by atoms with E-state index in [9.17, 15) is 18.0 Å². The van der Waals surface area contributed by atoms with Crippen molar-refractivity contribution in [3.05, 3.63) is 54.1 Å². The number of carbonyl (C=O) groups is 1. The van der Waals surface area contributed by atoms with Crippen LogP contribution < -0.4 is 10.2 Å². The Hall–Kier alpha value is -2.50. The molecule has 1 amide bonds. The Morgan fingerprint density at radius 2 is 1.77 bits per heavy atom. The zero-order valence-corrected chi connectivity index (χ0v) is 11.5. The summed E-state index contributed by atoms with van der Waals surface area (Å²) in [7, 11) is 0. The highest BCUT2D eigenvalue weighted by Crippen LogP contribution is 2.39. The van der Waals surface area contributed by atoms with Gasteiger partial charge in [-0.05, 0) is 30.3 Å². The molecular weight excluding hydrogens is 293 g/mol. The third kappa shape index (κ3) is 2.64. The van der Waals surface area contributed by atoms with Crippen LogP contribution in [0, 0.1) is 0 Å². The Morgan fingerprint density at radius 1 is 1.05 bits per heavy atom. The van der Waals surface area contributed by atoms with Gasteiger partial charge in [0, 0.05) is 18.7 Å². The van der Waals surface area contributed by atoms with E-state index in [-0.39, 0.29) is 18.0 Å². The van der Waals surface area contributed by atoms with Crippen LogP contribution in [0.25, 0.3) is 0 Å². The van der Waals surface area contributed by atoms with Crippen molar-refractivity contribution < 1.29 is 18.0 Å². The van der Waals surface area contributed by atoms with Gasteiger partial charge in [-0.15, -0.1) is 0 Å². The molecule has 1 aliphatic heterocycles. The number of amides is 1. The second-order valence-corrected chi connectivity index (χ2v) is 4.97. The monoisotopic (exact) mass is 306 g/mol. The summed E-state index contributed by atoms with van der Waals surface area (Å²) in [6, 6.07) is 12.1. The van der Waals surface area contributed by atoms with Crippen molar-refractivity contribution in [1.82, 2.24) is 0 Å². The second-order valence-electron chi connectivity index (χ2n) is 4.97. The Kier molecular flexibility index (Phi) is 3.52. The lowest BCUT2D eigenvalue weighted by Gasteiger charge is -2.23. The fraction of sp³-hybridized carbons (Fsp3) is 0.188. The van der Waals surface area contributed by atoms with Crippen molar-refractivity contribution >= 4 is 23.0 Å². The Bertz CT molecular complexity index is 698. The topological polar surface area (TPSA) is 32.3 Å². The standard InChI is InChI=1S/C16H13F3N2O/c17-16(18,19)11-6-7-13-14(10-11)21(15(22)8-9-20-13)12-4-2-1-3-5-12/h1-7,10,20H,8-9H2. The molecule has 0 saturated heterocycles. The van der Waals surface area contributed by atoms with Crippen LogP contribution >= 0.6 is 0 Å². The zero-order valence-electron chi connectivity index (χ0n) is 11.5. The van der Waals surface area contributed by atoms with E-state index in [2.05, 4.69) is 5.32 Å². The van der Waals surface area contributed by atoms with Crippen LogP contribution in [0.3, 0.4) is 0 Å². The van der Waals surface area contributed by atoms with E-state index in [1.807, 2.05) is 0 Å². The van der Waals surface area contributed by atoms with Gasteiger partial charge < -0.3 is 5.32 Å². The van der Waals surface area contributed by atoms with Crippen LogP contribution in [-0.2, 0) is 11.0 Å². The molecule has 0 bridgehead atoms. The molecule has 0 unspecified atom stereocenters. The van der Waals surface area contributed by atoms with Crippen LogP contribution in [0.15, 0.2) is 48.5 Å². The quantitative estimate of drug-likeness (QED) is 0.857. The van der Waals surface area contributed by atoms with Gasteiger partial charge in [0.05, 0.1) is 16.9 Å². The van der Waals surface area contributed by atoms with Gasteiger partial charge in [0.15, 0.2) is 0 Å². The predicted octanol–water partition coefficient (Wildman–Crippen LogP) is 4.19. The number of benzene rings is 2. The van der Waals surface area contributed by atoms with E-state index in [0.29, 0.717) is 17.9 Å². The lowest BCUT2D eigenvalue weighted by molar-refractivity contribution is -0.137. The second kappa shape index (κ2) is 5.36. The largest absolute Gasteiger partial charge is 0.416 e. The van der Waals surface area contributed by atoms with Gasteiger partial charge in [-0.25, -0.2) is 0 Å². The molecule has 0 saturated carbocycles. The molecule has 3 rings (SSSR count). The van der Waals surface area contributed by atoms with Crippen LogP contribution in [-0.4, -0.2) is 12.5 Å². The Balaban J connectivity index is 2.17. The maximum Gasteiger partial charge on any atom is 0.416 e. The van der Waals surface area contributed by atoms with Gasteiger partial charge in [-0.3, -0.25) is 9.69 Å². The van der Waals surface area contributed by atoms with E-state index in [0.717, 1.165) is 12.1 Å². The number of nitrogens with zero attached hydrogens (tertiary/aromatic N) is 1. The van der Waals surface area contributed by atoms with E-state index >= 15 is 0 Å². The first-order valence-corrected chi connectivity index (χ1v) is 6.80. The summed E-state index contributed by atoms with van der Waals surface area (Å²) in [5, 5.41) is 3.00. The van der Waals surface area contributed by atoms with Gasteiger partial charge in [0.2, 0.25) is 5.91 Å². The number of para-hydroxylation sites is 1. The van der Waals surface area contributed by atoms with Crippen molar-refractivity contribution in [1.29, 1.82) is 0 Å². The predicted molar refractivity (Wildman–Crippen MR) is 78.1 cm³/mol. The smallest absolute Gasteiger partial charge is 0.383 e. The average molecular weight is 306 g/mol. The zero-order chi connectivity index (χ0) is 15.7. The normalized spacial score (nSPS) is 15.0. The van der Waals surface area contributed by atoms with Crippen molar-refractivity contribution in [2.75, 3.05) is 16.8 Å². The minimum Gasteiger partial charge on any atom is -0.383 e. The minimum absolute atomic E-state index is 0.213. The van der Waals surface area contributed by atoms with Crippen molar-refractivity contribution in [3.63, 3.8) is 0 Å². The number of carbonyl (C=O) groups excluding carboxylic acids is 1. The summed E-state index contributed by atoms with van der Waals surface area (Å²) in [6.07, 6.45) is -4.24. The van der Waals surface area contributed by atoms with E-state index in [4.69, 9.17) is 0 Å². The molecular formula is C16H13F3N2O. The van der Waals surface area contributed by atoms with Crippen LogP contribution in [0.5, 0.6) is 0 Å². The van der Waals surface area contributed by atoms with Crippen LogP contribution in [0.2, 0.25) is 0 Å². The highest BCUT2D eigenvalue weighted by Gasteiger charge is 2.33. The van der Waals surface area contributed by atoms with Gasteiger partial charge in [-0.2, -0.15) is 13.2 Å². The number of hydrogen-bond donors (Lipinski definition) is 1. The highest BCUT2D eigenvalue weighted by atomic mass is 19.4. The van der Waals surface area contributed by atoms with Gasteiger partial charge in [0.1, 0.15) is 0 Å². The first-order chi connectivity index (χ1) is 10.5. The first kappa shape index (κ1) is 14.4. The van der Waals surface area contributed by atoms with Gasteiger partial charge >= 0.3 is 6.18 Å².